The number of nitrogens with zero attached hydrogens (tertiary/aromatic N) is 4. The van der Waals surface area contributed by atoms with Crippen LogP contribution >= 0.6 is 15.9 Å². The number of anilines is 1. The quantitative estimate of drug-likeness (QED) is 0.749. The summed E-state index contributed by atoms with van der Waals surface area (Å²) in [5.74, 6) is 0.551. The van der Waals surface area contributed by atoms with Crippen LogP contribution in [0.1, 0.15) is 42.5 Å². The van der Waals surface area contributed by atoms with E-state index >= 15 is 0 Å². The molecule has 0 aliphatic rings. The Morgan fingerprint density at radius 2 is 2.04 bits per heavy atom. The maximum Gasteiger partial charge on any atom is 0.269 e. The molecule has 130 valence electrons. The minimum atomic E-state index is -0.229. The molecule has 0 fully saturated rings. The number of hydrogen-bond donors (Lipinski definition) is 1. The second-order valence-corrected chi connectivity index (χ2v) is 6.83. The first-order valence-corrected chi connectivity index (χ1v) is 8.84. The van der Waals surface area contributed by atoms with E-state index in [9.17, 15) is 4.79 Å². The van der Waals surface area contributed by atoms with E-state index in [-0.39, 0.29) is 17.6 Å². The molecule has 7 heteroatoms. The van der Waals surface area contributed by atoms with Gasteiger partial charge in [0.05, 0.1) is 4.47 Å². The molecular weight excluding hydrogens is 382 g/mol. The molecule has 0 unspecified atom stereocenters. The Morgan fingerprint density at radius 3 is 2.60 bits per heavy atom. The Balaban J connectivity index is 2.28. The number of halogens is 1. The third-order valence-electron chi connectivity index (χ3n) is 3.49. The molecule has 0 spiro atoms. The molecule has 0 aliphatic heterocycles. The first-order chi connectivity index (χ1) is 11.9. The topological polar surface area (TPSA) is 81.9 Å². The van der Waals surface area contributed by atoms with E-state index in [4.69, 9.17) is 5.26 Å². The van der Waals surface area contributed by atoms with Crippen molar-refractivity contribution < 1.29 is 4.79 Å². The predicted octanol–water partition coefficient (Wildman–Crippen LogP) is 3.48. The predicted molar refractivity (Wildman–Crippen MR) is 99.9 cm³/mol. The van der Waals surface area contributed by atoms with Gasteiger partial charge in [-0.3, -0.25) is 15.2 Å². The van der Waals surface area contributed by atoms with E-state index in [2.05, 4.69) is 38.2 Å². The Morgan fingerprint density at radius 1 is 1.36 bits per heavy atom. The summed E-state index contributed by atoms with van der Waals surface area (Å²) in [6.45, 7) is 6.68. The normalized spacial score (nSPS) is 10.4. The Bertz CT molecular complexity index is 783. The van der Waals surface area contributed by atoms with Gasteiger partial charge in [0, 0.05) is 18.3 Å². The van der Waals surface area contributed by atoms with E-state index < -0.39 is 0 Å². The Kier molecular flexibility index (Phi) is 6.48. The zero-order valence-electron chi connectivity index (χ0n) is 14.5. The van der Waals surface area contributed by atoms with Gasteiger partial charge in [0.25, 0.3) is 5.91 Å². The largest absolute Gasteiger partial charge is 0.269 e. The van der Waals surface area contributed by atoms with E-state index in [1.54, 1.807) is 17.1 Å². The lowest BCUT2D eigenvalue weighted by atomic mass is 10.1. The highest BCUT2D eigenvalue weighted by atomic mass is 79.9. The van der Waals surface area contributed by atoms with E-state index in [1.807, 2.05) is 32.0 Å². The third-order valence-corrected chi connectivity index (χ3v) is 4.05. The summed E-state index contributed by atoms with van der Waals surface area (Å²) in [6.07, 6.45) is 2.43. The number of aromatic nitrogens is 2. The average molecular weight is 402 g/mol. The van der Waals surface area contributed by atoms with Crippen molar-refractivity contribution in [3.8, 4) is 6.07 Å². The summed E-state index contributed by atoms with van der Waals surface area (Å²) in [7, 11) is 0. The number of carbonyl (C=O) groups is 1. The lowest BCUT2D eigenvalue weighted by Gasteiger charge is -2.26. The van der Waals surface area contributed by atoms with Crippen molar-refractivity contribution in [2.45, 2.75) is 27.2 Å². The second kappa shape index (κ2) is 8.58. The molecule has 0 aliphatic carbocycles. The molecule has 0 saturated heterocycles. The Hall–Kier alpha value is -2.46. The van der Waals surface area contributed by atoms with Gasteiger partial charge in [0.2, 0.25) is 5.82 Å². The van der Waals surface area contributed by atoms with Gasteiger partial charge in [0.15, 0.2) is 5.82 Å². The zero-order chi connectivity index (χ0) is 18.4. The summed E-state index contributed by atoms with van der Waals surface area (Å²) in [6, 6.07) is 9.41. The van der Waals surface area contributed by atoms with Crippen LogP contribution in [0.2, 0.25) is 0 Å². The van der Waals surface area contributed by atoms with Crippen molar-refractivity contribution in [1.29, 1.82) is 5.26 Å². The molecule has 2 aromatic rings. The Labute approximate surface area is 156 Å². The molecule has 1 aromatic heterocycles. The number of hydrogen-bond acceptors (Lipinski definition) is 5. The van der Waals surface area contributed by atoms with E-state index in [1.165, 1.54) is 11.8 Å². The van der Waals surface area contributed by atoms with Crippen molar-refractivity contribution >= 4 is 27.7 Å². The van der Waals surface area contributed by atoms with Gasteiger partial charge in [0.1, 0.15) is 6.07 Å². The lowest BCUT2D eigenvalue weighted by Crippen LogP contribution is -2.45. The van der Waals surface area contributed by atoms with Gasteiger partial charge >= 0.3 is 0 Å². The molecule has 0 atom stereocenters. The number of rotatable bonds is 6. The maximum absolute atomic E-state index is 12.6. The number of nitrogens with one attached hydrogen (secondary N) is 1. The molecule has 1 heterocycles. The molecule has 0 radical (unpaired) electrons. The minimum absolute atomic E-state index is 0.0495. The van der Waals surface area contributed by atoms with Crippen LogP contribution in [0.15, 0.2) is 34.9 Å². The van der Waals surface area contributed by atoms with Crippen molar-refractivity contribution in [1.82, 2.24) is 15.4 Å². The fourth-order valence-electron chi connectivity index (χ4n) is 2.23. The number of aryl methyl sites for hydroxylation is 1. The average Bonchev–Trinajstić information content (AvgIpc) is 2.61. The maximum atomic E-state index is 12.6. The first kappa shape index (κ1) is 18.9. The molecule has 0 bridgehead atoms. The van der Waals surface area contributed by atoms with Crippen LogP contribution in [-0.4, -0.2) is 22.4 Å². The third kappa shape index (κ3) is 5.00. The standard InChI is InChI=1S/C18H20BrN5O/c1-4-13-5-7-14(8-6-13)18(25)23-24(11-12(2)3)17-15(19)10-21-16(9-20)22-17/h5-8,10,12H,4,11H2,1-3H3,(H,23,25). The highest BCUT2D eigenvalue weighted by molar-refractivity contribution is 9.10. The summed E-state index contributed by atoms with van der Waals surface area (Å²) in [4.78, 5) is 20.7. The van der Waals surface area contributed by atoms with Crippen LogP contribution in [-0.2, 0) is 6.42 Å². The summed E-state index contributed by atoms with van der Waals surface area (Å²) >= 11 is 3.39. The minimum Gasteiger partial charge on any atom is -0.267 e. The first-order valence-electron chi connectivity index (χ1n) is 8.04. The van der Waals surface area contributed by atoms with E-state index in [0.717, 1.165) is 6.42 Å². The number of amides is 1. The van der Waals surface area contributed by atoms with Crippen LogP contribution in [0.25, 0.3) is 0 Å². The van der Waals surface area contributed by atoms with Gasteiger partial charge in [-0.05, 0) is 46.0 Å². The van der Waals surface area contributed by atoms with Crippen LogP contribution < -0.4 is 10.4 Å². The number of carbonyl (C=O) groups excluding carboxylic acids is 1. The van der Waals surface area contributed by atoms with Crippen molar-refractivity contribution in [3.05, 3.63) is 51.9 Å². The van der Waals surface area contributed by atoms with Gasteiger partial charge in [-0.1, -0.05) is 32.9 Å². The fraction of sp³-hybridized carbons (Fsp3) is 0.333. The summed E-state index contributed by atoms with van der Waals surface area (Å²) in [5.41, 5.74) is 4.62. The zero-order valence-corrected chi connectivity index (χ0v) is 16.0. The molecule has 1 amide bonds. The number of nitriles is 1. The summed E-state index contributed by atoms with van der Waals surface area (Å²) in [5, 5.41) is 10.7. The highest BCUT2D eigenvalue weighted by Crippen LogP contribution is 2.23. The van der Waals surface area contributed by atoms with Crippen LogP contribution in [0.5, 0.6) is 0 Å². The molecule has 0 saturated carbocycles. The van der Waals surface area contributed by atoms with Gasteiger partial charge in [-0.25, -0.2) is 4.98 Å². The monoisotopic (exact) mass is 401 g/mol. The van der Waals surface area contributed by atoms with Crippen molar-refractivity contribution in [3.63, 3.8) is 0 Å². The molecule has 1 N–H and O–H groups in total. The number of benzene rings is 1. The fourth-order valence-corrected chi connectivity index (χ4v) is 2.64. The van der Waals surface area contributed by atoms with Gasteiger partial charge < -0.3 is 0 Å². The molecular formula is C18H20BrN5O. The SMILES string of the molecule is CCc1ccc(C(=O)NN(CC(C)C)c2nc(C#N)ncc2Br)cc1. The smallest absolute Gasteiger partial charge is 0.267 e. The second-order valence-electron chi connectivity index (χ2n) is 5.97. The molecule has 6 nitrogen and oxygen atoms in total. The van der Waals surface area contributed by atoms with Gasteiger partial charge in [-0.15, -0.1) is 0 Å². The molecule has 1 aromatic carbocycles. The molecule has 2 rings (SSSR count). The summed E-state index contributed by atoms with van der Waals surface area (Å²) < 4.78 is 0.605. The van der Waals surface area contributed by atoms with Crippen LogP contribution in [0.4, 0.5) is 5.82 Å². The molecule has 25 heavy (non-hydrogen) atoms. The van der Waals surface area contributed by atoms with Crippen LogP contribution in [0.3, 0.4) is 0 Å². The highest BCUT2D eigenvalue weighted by Gasteiger charge is 2.18. The van der Waals surface area contributed by atoms with Crippen molar-refractivity contribution in [2.75, 3.05) is 11.6 Å². The van der Waals surface area contributed by atoms with Crippen LogP contribution in [0, 0.1) is 17.2 Å². The number of hydrazine groups is 1. The van der Waals surface area contributed by atoms with Crippen molar-refractivity contribution in [2.24, 2.45) is 5.92 Å². The van der Waals surface area contributed by atoms with Gasteiger partial charge in [-0.2, -0.15) is 10.2 Å². The van der Waals surface area contributed by atoms with E-state index in [0.29, 0.717) is 22.4 Å². The lowest BCUT2D eigenvalue weighted by molar-refractivity contribution is 0.0947.